The second-order valence-electron chi connectivity index (χ2n) is 2.63. The molecule has 1 heteroatoms. The van der Waals surface area contributed by atoms with Crippen LogP contribution in [0, 0.1) is 11.8 Å². The van der Waals surface area contributed by atoms with Crippen LogP contribution in [0.2, 0.25) is 0 Å². The first-order valence-electron chi connectivity index (χ1n) is 3.02. The van der Waals surface area contributed by atoms with Crippen LogP contribution in [-0.4, -0.2) is 11.7 Å². The Hall–Kier alpha value is -0.300. The molecular formula is C7H12O. The molecular weight excluding hydrogens is 100 g/mol. The maximum atomic E-state index is 8.58. The van der Waals surface area contributed by atoms with Gasteiger partial charge in [0, 0.05) is 6.61 Å². The zero-order chi connectivity index (χ0) is 6.15. The molecule has 2 atom stereocenters. The fraction of sp³-hybridized carbons (Fsp3) is 0.714. The molecule has 0 heterocycles. The molecule has 1 nitrogen and oxygen atoms in total. The number of hydrogen-bond donors (Lipinski definition) is 1. The van der Waals surface area contributed by atoms with Gasteiger partial charge in [0.2, 0.25) is 0 Å². The summed E-state index contributed by atoms with van der Waals surface area (Å²) < 4.78 is 0. The average Bonchev–Trinajstić information content (AvgIpc) is 2.42. The van der Waals surface area contributed by atoms with Crippen molar-refractivity contribution < 1.29 is 5.11 Å². The third kappa shape index (κ3) is 0.920. The third-order valence-electron chi connectivity index (χ3n) is 1.79. The summed E-state index contributed by atoms with van der Waals surface area (Å²) in [7, 11) is 0. The van der Waals surface area contributed by atoms with Gasteiger partial charge in [-0.25, -0.2) is 0 Å². The summed E-state index contributed by atoms with van der Waals surface area (Å²) in [5.41, 5.74) is 1.23. The van der Waals surface area contributed by atoms with Crippen LogP contribution in [0.5, 0.6) is 0 Å². The van der Waals surface area contributed by atoms with Crippen molar-refractivity contribution in [2.75, 3.05) is 6.61 Å². The zero-order valence-corrected chi connectivity index (χ0v) is 5.22. The molecule has 1 aliphatic rings. The molecule has 1 fully saturated rings. The van der Waals surface area contributed by atoms with Crippen molar-refractivity contribution in [1.29, 1.82) is 0 Å². The lowest BCUT2D eigenvalue weighted by molar-refractivity contribution is 0.271. The van der Waals surface area contributed by atoms with Gasteiger partial charge in [-0.15, -0.1) is 0 Å². The molecule has 0 radical (unpaired) electrons. The third-order valence-corrected chi connectivity index (χ3v) is 1.79. The van der Waals surface area contributed by atoms with Gasteiger partial charge in [0.1, 0.15) is 0 Å². The van der Waals surface area contributed by atoms with E-state index in [1.54, 1.807) is 0 Å². The van der Waals surface area contributed by atoms with Crippen molar-refractivity contribution in [1.82, 2.24) is 0 Å². The van der Waals surface area contributed by atoms with Gasteiger partial charge < -0.3 is 5.11 Å². The van der Waals surface area contributed by atoms with Crippen LogP contribution in [0.25, 0.3) is 0 Å². The molecule has 0 aromatic carbocycles. The van der Waals surface area contributed by atoms with Crippen molar-refractivity contribution in [3.05, 3.63) is 12.2 Å². The predicted molar refractivity (Wildman–Crippen MR) is 33.5 cm³/mol. The fourth-order valence-corrected chi connectivity index (χ4v) is 1.05. The van der Waals surface area contributed by atoms with Crippen LogP contribution in [0.4, 0.5) is 0 Å². The number of aliphatic hydroxyl groups is 1. The first-order chi connectivity index (χ1) is 3.75. The molecule has 1 N–H and O–H groups in total. The summed E-state index contributed by atoms with van der Waals surface area (Å²) in [5.74, 6) is 1.19. The molecule has 0 bridgehead atoms. The van der Waals surface area contributed by atoms with Gasteiger partial charge >= 0.3 is 0 Å². The Morgan fingerprint density at radius 2 is 2.50 bits per heavy atom. The van der Waals surface area contributed by atoms with Gasteiger partial charge in [-0.1, -0.05) is 12.2 Å². The van der Waals surface area contributed by atoms with Gasteiger partial charge in [0.15, 0.2) is 0 Å². The summed E-state index contributed by atoms with van der Waals surface area (Å²) in [6, 6.07) is 0. The van der Waals surface area contributed by atoms with Gasteiger partial charge in [0.25, 0.3) is 0 Å². The Balaban J connectivity index is 2.26. The minimum absolute atomic E-state index is 0.345. The number of rotatable bonds is 2. The van der Waals surface area contributed by atoms with E-state index in [9.17, 15) is 0 Å². The first kappa shape index (κ1) is 5.83. The van der Waals surface area contributed by atoms with Crippen LogP contribution in [0.1, 0.15) is 13.3 Å². The monoisotopic (exact) mass is 112 g/mol. The minimum atomic E-state index is 0.345. The Kier molecular flexibility index (Phi) is 1.39. The molecule has 0 spiro atoms. The molecule has 0 aliphatic heterocycles. The maximum absolute atomic E-state index is 8.58. The minimum Gasteiger partial charge on any atom is -0.396 e. The van der Waals surface area contributed by atoms with Gasteiger partial charge in [-0.3, -0.25) is 0 Å². The van der Waals surface area contributed by atoms with Crippen molar-refractivity contribution >= 4 is 0 Å². The average molecular weight is 112 g/mol. The van der Waals surface area contributed by atoms with Crippen molar-refractivity contribution in [3.63, 3.8) is 0 Å². The van der Waals surface area contributed by atoms with Crippen LogP contribution in [0.3, 0.4) is 0 Å². The molecule has 0 unspecified atom stereocenters. The molecule has 0 aromatic rings. The molecule has 1 saturated carbocycles. The molecule has 1 rings (SSSR count). The highest BCUT2D eigenvalue weighted by atomic mass is 16.3. The molecule has 8 heavy (non-hydrogen) atoms. The first-order valence-corrected chi connectivity index (χ1v) is 3.02. The van der Waals surface area contributed by atoms with Crippen molar-refractivity contribution in [2.45, 2.75) is 13.3 Å². The second-order valence-corrected chi connectivity index (χ2v) is 2.63. The molecule has 0 aromatic heterocycles. The Morgan fingerprint density at radius 1 is 1.88 bits per heavy atom. The summed E-state index contributed by atoms with van der Waals surface area (Å²) in [5, 5.41) is 8.58. The lowest BCUT2D eigenvalue weighted by atomic mass is 10.2. The van der Waals surface area contributed by atoms with Crippen LogP contribution >= 0.6 is 0 Å². The lowest BCUT2D eigenvalue weighted by Gasteiger charge is -1.90. The Bertz CT molecular complexity index is 107. The zero-order valence-electron chi connectivity index (χ0n) is 5.22. The quantitative estimate of drug-likeness (QED) is 0.532. The standard InChI is InChI=1S/C7H12O/c1-5(2)7-3-6(7)4-8/h6-8H,1,3-4H2,2H3/t6-,7-/m1/s1. The summed E-state index contributed by atoms with van der Waals surface area (Å²) in [6.07, 6.45) is 1.16. The Morgan fingerprint density at radius 3 is 2.62 bits per heavy atom. The highest BCUT2D eigenvalue weighted by Gasteiger charge is 2.36. The molecule has 1 aliphatic carbocycles. The summed E-state index contributed by atoms with van der Waals surface area (Å²) >= 11 is 0. The lowest BCUT2D eigenvalue weighted by Crippen LogP contribution is -1.87. The smallest absolute Gasteiger partial charge is 0.0465 e. The highest BCUT2D eigenvalue weighted by molar-refractivity contribution is 5.08. The van der Waals surface area contributed by atoms with E-state index in [0.29, 0.717) is 18.4 Å². The van der Waals surface area contributed by atoms with E-state index in [1.165, 1.54) is 5.57 Å². The van der Waals surface area contributed by atoms with Crippen LogP contribution in [-0.2, 0) is 0 Å². The number of hydrogen-bond acceptors (Lipinski definition) is 1. The topological polar surface area (TPSA) is 20.2 Å². The van der Waals surface area contributed by atoms with E-state index in [2.05, 4.69) is 6.58 Å². The van der Waals surface area contributed by atoms with Crippen LogP contribution < -0.4 is 0 Å². The van der Waals surface area contributed by atoms with Crippen LogP contribution in [0.15, 0.2) is 12.2 Å². The van der Waals surface area contributed by atoms with Gasteiger partial charge in [0.05, 0.1) is 0 Å². The molecule has 0 amide bonds. The van der Waals surface area contributed by atoms with Crippen molar-refractivity contribution in [3.8, 4) is 0 Å². The molecule has 0 saturated heterocycles. The van der Waals surface area contributed by atoms with Gasteiger partial charge in [-0.05, 0) is 25.2 Å². The second kappa shape index (κ2) is 1.90. The van der Waals surface area contributed by atoms with Crippen molar-refractivity contribution in [2.24, 2.45) is 11.8 Å². The number of aliphatic hydroxyl groups excluding tert-OH is 1. The maximum Gasteiger partial charge on any atom is 0.0465 e. The largest absolute Gasteiger partial charge is 0.396 e. The van der Waals surface area contributed by atoms with E-state index in [4.69, 9.17) is 5.11 Å². The van der Waals surface area contributed by atoms with E-state index < -0.39 is 0 Å². The summed E-state index contributed by atoms with van der Waals surface area (Å²) in [4.78, 5) is 0. The summed E-state index contributed by atoms with van der Waals surface area (Å²) in [6.45, 7) is 6.18. The van der Waals surface area contributed by atoms with E-state index >= 15 is 0 Å². The van der Waals surface area contributed by atoms with E-state index in [0.717, 1.165) is 6.42 Å². The normalized spacial score (nSPS) is 34.8. The van der Waals surface area contributed by atoms with E-state index in [1.807, 2.05) is 6.92 Å². The SMILES string of the molecule is C=C(C)[C@H]1C[C@@H]1CO. The predicted octanol–water partition coefficient (Wildman–Crippen LogP) is 1.19. The Labute approximate surface area is 50.0 Å². The number of allylic oxidation sites excluding steroid dienone is 1. The highest BCUT2D eigenvalue weighted by Crippen LogP contribution is 2.42. The molecule has 46 valence electrons. The van der Waals surface area contributed by atoms with Gasteiger partial charge in [-0.2, -0.15) is 0 Å². The van der Waals surface area contributed by atoms with E-state index in [-0.39, 0.29) is 0 Å². The fourth-order valence-electron chi connectivity index (χ4n) is 1.05.